The summed E-state index contributed by atoms with van der Waals surface area (Å²) in [7, 11) is 0. The third-order valence-electron chi connectivity index (χ3n) is 2.64. The molecular weight excluding hydrogens is 312 g/mol. The lowest BCUT2D eigenvalue weighted by Gasteiger charge is -2.08. The highest BCUT2D eigenvalue weighted by molar-refractivity contribution is 6.42. The van der Waals surface area contributed by atoms with Gasteiger partial charge in [0, 0.05) is 5.56 Å². The second-order valence-corrected chi connectivity index (χ2v) is 5.00. The lowest BCUT2D eigenvalue weighted by molar-refractivity contribution is 0.290. The van der Waals surface area contributed by atoms with Gasteiger partial charge in [-0.05, 0) is 35.9 Å². The van der Waals surface area contributed by atoms with Gasteiger partial charge in [-0.25, -0.2) is 4.39 Å². The Balaban J connectivity index is 2.13. The largest absolute Gasteiger partial charge is 0.486 e. The maximum absolute atomic E-state index is 13.7. The molecule has 0 bridgehead atoms. The van der Waals surface area contributed by atoms with Crippen molar-refractivity contribution in [3.63, 3.8) is 0 Å². The number of ether oxygens (including phenoxy) is 1. The molecule has 5 heteroatoms. The van der Waals surface area contributed by atoms with Crippen molar-refractivity contribution in [2.75, 3.05) is 6.54 Å². The summed E-state index contributed by atoms with van der Waals surface area (Å²) in [5.74, 6) is 5.21. The zero-order chi connectivity index (χ0) is 15.2. The van der Waals surface area contributed by atoms with Gasteiger partial charge in [-0.3, -0.25) is 0 Å². The smallest absolute Gasteiger partial charge is 0.165 e. The molecule has 21 heavy (non-hydrogen) atoms. The minimum absolute atomic E-state index is 0.130. The van der Waals surface area contributed by atoms with Gasteiger partial charge in [0.25, 0.3) is 0 Å². The Kier molecular flexibility index (Phi) is 5.46. The first-order chi connectivity index (χ1) is 10.1. The number of halogens is 3. The predicted octanol–water partition coefficient (Wildman–Crippen LogP) is 4.02. The lowest BCUT2D eigenvalue weighted by Crippen LogP contribution is -1.98. The molecule has 0 aliphatic rings. The van der Waals surface area contributed by atoms with Gasteiger partial charge in [-0.15, -0.1) is 0 Å². The zero-order valence-electron chi connectivity index (χ0n) is 11.0. The maximum atomic E-state index is 13.7. The zero-order valence-corrected chi connectivity index (χ0v) is 12.5. The van der Waals surface area contributed by atoms with Crippen molar-refractivity contribution < 1.29 is 9.13 Å². The molecule has 2 N–H and O–H groups in total. The first-order valence-corrected chi connectivity index (χ1v) is 6.91. The van der Waals surface area contributed by atoms with Crippen LogP contribution in [0.1, 0.15) is 11.1 Å². The minimum atomic E-state index is -0.451. The molecule has 0 atom stereocenters. The Labute approximate surface area is 132 Å². The third-order valence-corrected chi connectivity index (χ3v) is 3.38. The Hall–Kier alpha value is -1.73. The molecule has 0 saturated carbocycles. The summed E-state index contributed by atoms with van der Waals surface area (Å²) in [6, 6.07) is 9.54. The first-order valence-electron chi connectivity index (χ1n) is 6.15. The average Bonchev–Trinajstić information content (AvgIpc) is 2.48. The van der Waals surface area contributed by atoms with Crippen LogP contribution < -0.4 is 10.5 Å². The van der Waals surface area contributed by atoms with E-state index in [1.165, 1.54) is 12.1 Å². The van der Waals surface area contributed by atoms with Crippen LogP contribution in [0, 0.1) is 17.7 Å². The molecule has 108 valence electrons. The Morgan fingerprint density at radius 3 is 2.62 bits per heavy atom. The van der Waals surface area contributed by atoms with Crippen molar-refractivity contribution >= 4 is 23.2 Å². The molecule has 0 radical (unpaired) electrons. The van der Waals surface area contributed by atoms with Gasteiger partial charge in [-0.2, -0.15) is 0 Å². The minimum Gasteiger partial charge on any atom is -0.486 e. The summed E-state index contributed by atoms with van der Waals surface area (Å²) in [5.41, 5.74) is 6.74. The van der Waals surface area contributed by atoms with E-state index in [-0.39, 0.29) is 18.9 Å². The fraction of sp³-hybridized carbons (Fsp3) is 0.125. The van der Waals surface area contributed by atoms with Crippen molar-refractivity contribution in [1.82, 2.24) is 0 Å². The highest BCUT2D eigenvalue weighted by Gasteiger charge is 2.06. The molecule has 0 fully saturated rings. The van der Waals surface area contributed by atoms with Crippen molar-refractivity contribution in [1.29, 1.82) is 0 Å². The van der Waals surface area contributed by atoms with Gasteiger partial charge in [-0.1, -0.05) is 41.1 Å². The van der Waals surface area contributed by atoms with Crippen LogP contribution in [-0.4, -0.2) is 6.54 Å². The summed E-state index contributed by atoms with van der Waals surface area (Å²) in [5, 5.41) is 0.895. The Bertz CT molecular complexity index is 707. The monoisotopic (exact) mass is 323 g/mol. The summed E-state index contributed by atoms with van der Waals surface area (Å²) in [4.78, 5) is 0. The van der Waals surface area contributed by atoms with Crippen LogP contribution in [0.15, 0.2) is 36.4 Å². The fourth-order valence-corrected chi connectivity index (χ4v) is 1.96. The number of hydrogen-bond acceptors (Lipinski definition) is 2. The number of benzene rings is 2. The van der Waals surface area contributed by atoms with Crippen LogP contribution in [0.2, 0.25) is 10.0 Å². The van der Waals surface area contributed by atoms with E-state index >= 15 is 0 Å². The Morgan fingerprint density at radius 1 is 1.10 bits per heavy atom. The van der Waals surface area contributed by atoms with Crippen molar-refractivity contribution in [2.45, 2.75) is 6.61 Å². The molecule has 0 amide bonds. The molecule has 0 saturated heterocycles. The molecule has 2 aromatic carbocycles. The van der Waals surface area contributed by atoms with E-state index in [0.717, 1.165) is 5.56 Å². The molecular formula is C16H12Cl2FNO. The van der Waals surface area contributed by atoms with Crippen LogP contribution in [-0.2, 0) is 6.61 Å². The van der Waals surface area contributed by atoms with E-state index in [2.05, 4.69) is 11.8 Å². The highest BCUT2D eigenvalue weighted by Crippen LogP contribution is 2.24. The van der Waals surface area contributed by atoms with E-state index in [1.54, 1.807) is 24.3 Å². The van der Waals surface area contributed by atoms with E-state index in [1.807, 2.05) is 0 Å². The summed E-state index contributed by atoms with van der Waals surface area (Å²) < 4.78 is 19.2. The van der Waals surface area contributed by atoms with E-state index in [4.69, 9.17) is 33.7 Å². The van der Waals surface area contributed by atoms with Gasteiger partial charge >= 0.3 is 0 Å². The average molecular weight is 324 g/mol. The molecule has 2 rings (SSSR count). The summed E-state index contributed by atoms with van der Waals surface area (Å²) >= 11 is 11.8. The molecule has 0 heterocycles. The Morgan fingerprint density at radius 2 is 1.90 bits per heavy atom. The van der Waals surface area contributed by atoms with E-state index in [9.17, 15) is 4.39 Å². The quantitative estimate of drug-likeness (QED) is 0.866. The standard InChI is InChI=1S/C16H12Cl2FNO/c17-13-5-3-12(8-14(13)18)10-21-16-9-11(2-1-7-20)4-6-15(16)19/h3-6,8-9H,7,10,20H2. The van der Waals surface area contributed by atoms with Gasteiger partial charge in [0.05, 0.1) is 16.6 Å². The fourth-order valence-electron chi connectivity index (χ4n) is 1.64. The normalized spacial score (nSPS) is 9.90. The van der Waals surface area contributed by atoms with E-state index < -0.39 is 5.82 Å². The topological polar surface area (TPSA) is 35.2 Å². The van der Waals surface area contributed by atoms with Gasteiger partial charge in [0.1, 0.15) is 6.61 Å². The van der Waals surface area contributed by atoms with Crippen molar-refractivity contribution in [2.24, 2.45) is 5.73 Å². The molecule has 0 aromatic heterocycles. The maximum Gasteiger partial charge on any atom is 0.165 e. The molecule has 0 unspecified atom stereocenters. The van der Waals surface area contributed by atoms with Gasteiger partial charge in [0.2, 0.25) is 0 Å². The number of hydrogen-bond donors (Lipinski definition) is 1. The molecule has 0 aliphatic carbocycles. The van der Waals surface area contributed by atoms with Crippen LogP contribution in [0.4, 0.5) is 4.39 Å². The lowest BCUT2D eigenvalue weighted by atomic mass is 10.2. The first kappa shape index (κ1) is 15.7. The molecule has 0 spiro atoms. The molecule has 2 nitrogen and oxygen atoms in total. The van der Waals surface area contributed by atoms with Gasteiger partial charge < -0.3 is 10.5 Å². The van der Waals surface area contributed by atoms with Crippen LogP contribution in [0.25, 0.3) is 0 Å². The second-order valence-electron chi connectivity index (χ2n) is 4.19. The summed E-state index contributed by atoms with van der Waals surface area (Å²) in [6.07, 6.45) is 0. The number of rotatable bonds is 3. The molecule has 2 aromatic rings. The van der Waals surface area contributed by atoms with Crippen molar-refractivity contribution in [3.05, 3.63) is 63.4 Å². The predicted molar refractivity (Wildman–Crippen MR) is 83.1 cm³/mol. The van der Waals surface area contributed by atoms with Crippen LogP contribution >= 0.6 is 23.2 Å². The number of nitrogens with two attached hydrogens (primary N) is 1. The van der Waals surface area contributed by atoms with E-state index in [0.29, 0.717) is 15.6 Å². The SMILES string of the molecule is NCC#Cc1ccc(F)c(OCc2ccc(Cl)c(Cl)c2)c1. The van der Waals surface area contributed by atoms with Crippen LogP contribution in [0.3, 0.4) is 0 Å². The highest BCUT2D eigenvalue weighted by atomic mass is 35.5. The molecule has 0 aliphatic heterocycles. The summed E-state index contributed by atoms with van der Waals surface area (Å²) in [6.45, 7) is 0.429. The second kappa shape index (κ2) is 7.33. The van der Waals surface area contributed by atoms with Gasteiger partial charge in [0.15, 0.2) is 11.6 Å². The van der Waals surface area contributed by atoms with Crippen LogP contribution in [0.5, 0.6) is 5.75 Å². The third kappa shape index (κ3) is 4.37. The van der Waals surface area contributed by atoms with Crippen molar-refractivity contribution in [3.8, 4) is 17.6 Å².